The molecule has 1 rings (SSSR count). The van der Waals surface area contributed by atoms with Crippen molar-refractivity contribution in [3.63, 3.8) is 0 Å². The fourth-order valence-electron chi connectivity index (χ4n) is 1.60. The zero-order chi connectivity index (χ0) is 14.1. The van der Waals surface area contributed by atoms with Crippen molar-refractivity contribution in [3.05, 3.63) is 28.2 Å². The van der Waals surface area contributed by atoms with E-state index in [0.717, 1.165) is 42.9 Å². The first-order valence-corrected chi connectivity index (χ1v) is 7.53. The summed E-state index contributed by atoms with van der Waals surface area (Å²) in [5.41, 5.74) is 1.20. The molecule has 0 spiro atoms. The van der Waals surface area contributed by atoms with E-state index in [-0.39, 0.29) is 0 Å². The summed E-state index contributed by atoms with van der Waals surface area (Å²) in [6.07, 6.45) is 1.13. The molecule has 0 saturated carbocycles. The average Bonchev–Trinajstić information content (AvgIpc) is 2.39. The first kappa shape index (κ1) is 16.5. The topological polar surface area (TPSA) is 30.5 Å². The molecule has 0 atom stereocenters. The van der Waals surface area contributed by atoms with Gasteiger partial charge in [-0.25, -0.2) is 0 Å². The van der Waals surface area contributed by atoms with Crippen molar-refractivity contribution in [3.8, 4) is 5.75 Å². The van der Waals surface area contributed by atoms with Crippen LogP contribution >= 0.6 is 15.9 Å². The molecule has 0 aliphatic carbocycles. The zero-order valence-corrected chi connectivity index (χ0v) is 13.6. The van der Waals surface area contributed by atoms with Crippen molar-refractivity contribution in [2.75, 3.05) is 26.9 Å². The summed E-state index contributed by atoms with van der Waals surface area (Å²) in [5, 5.41) is 3.37. The maximum Gasteiger partial charge on any atom is 0.119 e. The number of hydrogen-bond donors (Lipinski definition) is 1. The summed E-state index contributed by atoms with van der Waals surface area (Å²) in [7, 11) is 1.68. The summed E-state index contributed by atoms with van der Waals surface area (Å²) >= 11 is 3.54. The van der Waals surface area contributed by atoms with E-state index in [9.17, 15) is 0 Å². The molecule has 1 aromatic carbocycles. The molecule has 0 fully saturated rings. The quantitative estimate of drug-likeness (QED) is 0.702. The highest BCUT2D eigenvalue weighted by molar-refractivity contribution is 9.10. The summed E-state index contributed by atoms with van der Waals surface area (Å²) < 4.78 is 11.9. The largest absolute Gasteiger partial charge is 0.497 e. The number of ether oxygens (including phenoxy) is 2. The minimum absolute atomic E-state index is 0.709. The van der Waals surface area contributed by atoms with Gasteiger partial charge in [0.1, 0.15) is 5.75 Å². The van der Waals surface area contributed by atoms with Crippen molar-refractivity contribution in [2.45, 2.75) is 26.8 Å². The number of halogens is 1. The van der Waals surface area contributed by atoms with Crippen molar-refractivity contribution < 1.29 is 9.47 Å². The van der Waals surface area contributed by atoms with Gasteiger partial charge in [-0.2, -0.15) is 0 Å². The number of rotatable bonds is 9. The molecular formula is C15H24BrNO2. The van der Waals surface area contributed by atoms with Gasteiger partial charge in [-0.1, -0.05) is 29.8 Å². The monoisotopic (exact) mass is 329 g/mol. The van der Waals surface area contributed by atoms with E-state index < -0.39 is 0 Å². The maximum absolute atomic E-state index is 5.56. The van der Waals surface area contributed by atoms with Crippen molar-refractivity contribution >= 4 is 15.9 Å². The first-order valence-electron chi connectivity index (χ1n) is 6.74. The Morgan fingerprint density at radius 2 is 2.05 bits per heavy atom. The second-order valence-corrected chi connectivity index (χ2v) is 5.78. The molecule has 0 saturated heterocycles. The van der Waals surface area contributed by atoms with E-state index in [4.69, 9.17) is 9.47 Å². The molecule has 0 aliphatic heterocycles. The fraction of sp³-hybridized carbons (Fsp3) is 0.600. The van der Waals surface area contributed by atoms with E-state index in [1.807, 2.05) is 18.2 Å². The number of benzene rings is 1. The van der Waals surface area contributed by atoms with Gasteiger partial charge in [-0.3, -0.25) is 0 Å². The van der Waals surface area contributed by atoms with E-state index >= 15 is 0 Å². The Kier molecular flexibility index (Phi) is 8.10. The van der Waals surface area contributed by atoms with Crippen LogP contribution in [0.5, 0.6) is 5.75 Å². The minimum atomic E-state index is 0.709. The summed E-state index contributed by atoms with van der Waals surface area (Å²) in [5.74, 6) is 1.59. The highest BCUT2D eigenvalue weighted by atomic mass is 79.9. The van der Waals surface area contributed by atoms with Crippen LogP contribution in [0.2, 0.25) is 0 Å². The van der Waals surface area contributed by atoms with Crippen LogP contribution in [0.1, 0.15) is 25.8 Å². The van der Waals surface area contributed by atoms with Crippen molar-refractivity contribution in [2.24, 2.45) is 5.92 Å². The first-order chi connectivity index (χ1) is 9.13. The Balaban J connectivity index is 2.18. The third kappa shape index (κ3) is 6.95. The highest BCUT2D eigenvalue weighted by Crippen LogP contribution is 2.22. The van der Waals surface area contributed by atoms with Gasteiger partial charge in [0.2, 0.25) is 0 Å². The molecule has 108 valence electrons. The lowest BCUT2D eigenvalue weighted by atomic mass is 10.1. The van der Waals surface area contributed by atoms with Crippen LogP contribution in [0.4, 0.5) is 0 Å². The third-order valence-electron chi connectivity index (χ3n) is 2.83. The SMILES string of the molecule is COc1ccc(Br)c(CNCCOCCC(C)C)c1. The van der Waals surface area contributed by atoms with Crippen LogP contribution in [0.3, 0.4) is 0 Å². The summed E-state index contributed by atoms with van der Waals surface area (Å²) in [6, 6.07) is 5.99. The van der Waals surface area contributed by atoms with E-state index in [1.54, 1.807) is 7.11 Å². The molecule has 3 nitrogen and oxygen atoms in total. The van der Waals surface area contributed by atoms with Crippen LogP contribution in [0.15, 0.2) is 22.7 Å². The molecule has 1 N–H and O–H groups in total. The molecule has 0 aromatic heterocycles. The standard InChI is InChI=1S/C15H24BrNO2/c1-12(2)6-8-19-9-7-17-11-13-10-14(18-3)4-5-15(13)16/h4-5,10,12,17H,6-9,11H2,1-3H3. The predicted octanol–water partition coefficient (Wildman–Crippen LogP) is 3.61. The van der Waals surface area contributed by atoms with Crippen molar-refractivity contribution in [1.82, 2.24) is 5.32 Å². The Bertz CT molecular complexity index is 369. The van der Waals surface area contributed by atoms with E-state index in [0.29, 0.717) is 5.92 Å². The number of methoxy groups -OCH3 is 1. The molecule has 0 amide bonds. The van der Waals surface area contributed by atoms with Crippen LogP contribution in [-0.2, 0) is 11.3 Å². The maximum atomic E-state index is 5.56. The number of hydrogen-bond acceptors (Lipinski definition) is 3. The normalized spacial score (nSPS) is 11.0. The van der Waals surface area contributed by atoms with Gasteiger partial charge < -0.3 is 14.8 Å². The lowest BCUT2D eigenvalue weighted by Crippen LogP contribution is -2.20. The van der Waals surface area contributed by atoms with Gasteiger partial charge >= 0.3 is 0 Å². The molecule has 1 aromatic rings. The average molecular weight is 330 g/mol. The Hall–Kier alpha value is -0.580. The van der Waals surface area contributed by atoms with Crippen LogP contribution in [0.25, 0.3) is 0 Å². The molecular weight excluding hydrogens is 306 g/mol. The van der Waals surface area contributed by atoms with Gasteiger partial charge in [0.25, 0.3) is 0 Å². The molecule has 0 unspecified atom stereocenters. The fourth-order valence-corrected chi connectivity index (χ4v) is 1.99. The predicted molar refractivity (Wildman–Crippen MR) is 82.7 cm³/mol. The lowest BCUT2D eigenvalue weighted by molar-refractivity contribution is 0.125. The van der Waals surface area contributed by atoms with Gasteiger partial charge in [0.05, 0.1) is 13.7 Å². The summed E-state index contributed by atoms with van der Waals surface area (Å²) in [6.45, 7) is 7.70. The van der Waals surface area contributed by atoms with Crippen LogP contribution in [0, 0.1) is 5.92 Å². The molecule has 0 radical (unpaired) electrons. The number of nitrogens with one attached hydrogen (secondary N) is 1. The third-order valence-corrected chi connectivity index (χ3v) is 3.60. The van der Waals surface area contributed by atoms with E-state index in [2.05, 4.69) is 35.1 Å². The minimum Gasteiger partial charge on any atom is -0.497 e. The van der Waals surface area contributed by atoms with Gasteiger partial charge in [0, 0.05) is 24.2 Å². The Morgan fingerprint density at radius 3 is 2.74 bits per heavy atom. The zero-order valence-electron chi connectivity index (χ0n) is 12.0. The molecule has 4 heteroatoms. The second kappa shape index (κ2) is 9.34. The molecule has 19 heavy (non-hydrogen) atoms. The summed E-state index contributed by atoms with van der Waals surface area (Å²) in [4.78, 5) is 0. The highest BCUT2D eigenvalue weighted by Gasteiger charge is 2.01. The smallest absolute Gasteiger partial charge is 0.119 e. The van der Waals surface area contributed by atoms with Crippen LogP contribution < -0.4 is 10.1 Å². The van der Waals surface area contributed by atoms with Crippen LogP contribution in [-0.4, -0.2) is 26.9 Å². The molecule has 0 bridgehead atoms. The van der Waals surface area contributed by atoms with E-state index in [1.165, 1.54) is 5.56 Å². The molecule has 0 aliphatic rings. The second-order valence-electron chi connectivity index (χ2n) is 4.93. The van der Waals surface area contributed by atoms with Gasteiger partial charge in [0.15, 0.2) is 0 Å². The van der Waals surface area contributed by atoms with Gasteiger partial charge in [-0.15, -0.1) is 0 Å². The van der Waals surface area contributed by atoms with Gasteiger partial charge in [-0.05, 0) is 36.1 Å². The Labute approximate surface area is 124 Å². The Morgan fingerprint density at radius 1 is 1.26 bits per heavy atom. The molecule has 0 heterocycles. The lowest BCUT2D eigenvalue weighted by Gasteiger charge is -2.10. The van der Waals surface area contributed by atoms with Crippen molar-refractivity contribution in [1.29, 1.82) is 0 Å².